The lowest BCUT2D eigenvalue weighted by atomic mass is 10.2. The van der Waals surface area contributed by atoms with Gasteiger partial charge >= 0.3 is 0 Å². The van der Waals surface area contributed by atoms with Crippen LogP contribution in [0.5, 0.6) is 0 Å². The van der Waals surface area contributed by atoms with E-state index >= 15 is 0 Å². The maximum Gasteiger partial charge on any atom is 0.183 e. The van der Waals surface area contributed by atoms with Crippen LogP contribution in [0.3, 0.4) is 0 Å². The Morgan fingerprint density at radius 3 is 2.41 bits per heavy atom. The SMILES string of the molecule is N#CC1(C=O)CC1S(=O)(=O)c1ccc(Cl)cc1. The van der Waals surface area contributed by atoms with Crippen LogP contribution in [0.2, 0.25) is 5.02 Å². The highest BCUT2D eigenvalue weighted by Crippen LogP contribution is 2.50. The first kappa shape index (κ1) is 12.1. The number of nitriles is 1. The molecule has 17 heavy (non-hydrogen) atoms. The van der Waals surface area contributed by atoms with Crippen molar-refractivity contribution >= 4 is 27.7 Å². The second-order valence-electron chi connectivity index (χ2n) is 3.96. The third-order valence-corrected chi connectivity index (χ3v) is 5.39. The van der Waals surface area contributed by atoms with E-state index in [1.54, 1.807) is 6.07 Å². The van der Waals surface area contributed by atoms with Gasteiger partial charge in [0.25, 0.3) is 0 Å². The minimum Gasteiger partial charge on any atom is -0.302 e. The second kappa shape index (κ2) is 3.83. The first-order valence-corrected chi connectivity index (χ1v) is 6.76. The monoisotopic (exact) mass is 269 g/mol. The van der Waals surface area contributed by atoms with Gasteiger partial charge in [0.2, 0.25) is 0 Å². The number of carbonyl (C=O) groups excluding carboxylic acids is 1. The van der Waals surface area contributed by atoms with Crippen molar-refractivity contribution in [3.63, 3.8) is 0 Å². The molecule has 2 unspecified atom stereocenters. The number of hydrogen-bond acceptors (Lipinski definition) is 4. The van der Waals surface area contributed by atoms with Crippen LogP contribution in [0.25, 0.3) is 0 Å². The van der Waals surface area contributed by atoms with Gasteiger partial charge in [0, 0.05) is 5.02 Å². The Hall–Kier alpha value is -1.38. The summed E-state index contributed by atoms with van der Waals surface area (Å²) in [4.78, 5) is 10.8. The summed E-state index contributed by atoms with van der Waals surface area (Å²) in [5, 5.41) is 8.31. The number of hydrogen-bond donors (Lipinski definition) is 0. The van der Waals surface area contributed by atoms with E-state index in [1.165, 1.54) is 24.3 Å². The number of nitrogens with zero attached hydrogens (tertiary/aromatic N) is 1. The molecule has 1 aliphatic carbocycles. The van der Waals surface area contributed by atoms with Gasteiger partial charge in [-0.25, -0.2) is 8.42 Å². The second-order valence-corrected chi connectivity index (χ2v) is 6.53. The average molecular weight is 270 g/mol. The molecule has 1 aromatic rings. The molecule has 2 atom stereocenters. The van der Waals surface area contributed by atoms with Crippen molar-refractivity contribution in [3.05, 3.63) is 29.3 Å². The lowest BCUT2D eigenvalue weighted by Crippen LogP contribution is -2.16. The minimum atomic E-state index is -3.63. The molecule has 2 rings (SSSR count). The Morgan fingerprint density at radius 2 is 2.00 bits per heavy atom. The van der Waals surface area contributed by atoms with Crippen molar-refractivity contribution in [1.29, 1.82) is 5.26 Å². The molecule has 0 spiro atoms. The summed E-state index contributed by atoms with van der Waals surface area (Å²) in [5.74, 6) is 0. The number of rotatable bonds is 3. The predicted octanol–water partition coefficient (Wildman–Crippen LogP) is 1.59. The highest BCUT2D eigenvalue weighted by Gasteiger charge is 2.62. The Labute approximate surface area is 104 Å². The molecule has 0 heterocycles. The summed E-state index contributed by atoms with van der Waals surface area (Å²) >= 11 is 5.66. The Morgan fingerprint density at radius 1 is 1.41 bits per heavy atom. The van der Waals surface area contributed by atoms with E-state index in [0.29, 0.717) is 11.3 Å². The molecule has 0 N–H and O–H groups in total. The van der Waals surface area contributed by atoms with Gasteiger partial charge in [-0.1, -0.05) is 11.6 Å². The van der Waals surface area contributed by atoms with E-state index in [4.69, 9.17) is 16.9 Å². The zero-order valence-electron chi connectivity index (χ0n) is 8.63. The van der Waals surface area contributed by atoms with E-state index in [9.17, 15) is 13.2 Å². The molecule has 6 heteroatoms. The van der Waals surface area contributed by atoms with Crippen LogP contribution in [-0.2, 0) is 14.6 Å². The molecule has 1 aromatic carbocycles. The molecular formula is C11H8ClNO3S. The number of carbonyl (C=O) groups is 1. The van der Waals surface area contributed by atoms with Gasteiger partial charge in [-0.15, -0.1) is 0 Å². The van der Waals surface area contributed by atoms with Gasteiger partial charge in [-0.05, 0) is 30.7 Å². The van der Waals surface area contributed by atoms with Gasteiger partial charge in [0.05, 0.1) is 16.2 Å². The molecular weight excluding hydrogens is 262 g/mol. The highest BCUT2D eigenvalue weighted by atomic mass is 35.5. The maximum atomic E-state index is 12.1. The van der Waals surface area contributed by atoms with E-state index in [-0.39, 0.29) is 11.3 Å². The molecule has 1 aliphatic rings. The van der Waals surface area contributed by atoms with Crippen LogP contribution >= 0.6 is 11.6 Å². The van der Waals surface area contributed by atoms with Crippen LogP contribution in [0.15, 0.2) is 29.2 Å². The van der Waals surface area contributed by atoms with Crippen molar-refractivity contribution in [2.75, 3.05) is 0 Å². The third-order valence-electron chi connectivity index (χ3n) is 2.87. The quantitative estimate of drug-likeness (QED) is 0.781. The van der Waals surface area contributed by atoms with Gasteiger partial charge < -0.3 is 4.79 Å². The Balaban J connectivity index is 2.38. The number of aldehydes is 1. The number of sulfone groups is 1. The van der Waals surface area contributed by atoms with Crippen molar-refractivity contribution in [2.45, 2.75) is 16.6 Å². The topological polar surface area (TPSA) is 75.0 Å². The lowest BCUT2D eigenvalue weighted by Gasteiger charge is -2.04. The summed E-state index contributed by atoms with van der Waals surface area (Å²) in [6.07, 6.45) is 0.489. The fourth-order valence-electron chi connectivity index (χ4n) is 1.69. The zero-order chi connectivity index (χ0) is 12.7. The van der Waals surface area contributed by atoms with E-state index in [0.717, 1.165) is 0 Å². The first-order chi connectivity index (χ1) is 7.96. The minimum absolute atomic E-state index is 0.0674. The summed E-state index contributed by atoms with van der Waals surface area (Å²) < 4.78 is 24.2. The van der Waals surface area contributed by atoms with Crippen LogP contribution in [-0.4, -0.2) is 20.0 Å². The number of benzene rings is 1. The van der Waals surface area contributed by atoms with Crippen molar-refractivity contribution in [1.82, 2.24) is 0 Å². The fourth-order valence-corrected chi connectivity index (χ4v) is 3.82. The zero-order valence-corrected chi connectivity index (χ0v) is 10.2. The van der Waals surface area contributed by atoms with Gasteiger partial charge in [0.15, 0.2) is 9.84 Å². The van der Waals surface area contributed by atoms with Gasteiger partial charge in [0.1, 0.15) is 11.7 Å². The molecule has 0 aromatic heterocycles. The van der Waals surface area contributed by atoms with Crippen LogP contribution in [0.4, 0.5) is 0 Å². The van der Waals surface area contributed by atoms with Crippen molar-refractivity contribution < 1.29 is 13.2 Å². The molecule has 0 saturated heterocycles. The summed E-state index contributed by atoms with van der Waals surface area (Å²) in [7, 11) is -3.63. The molecule has 1 fully saturated rings. The standard InChI is InChI=1S/C11H8ClNO3S/c12-8-1-3-9(4-2-8)17(15,16)10-5-11(10,6-13)7-14/h1-4,7,10H,5H2. The lowest BCUT2D eigenvalue weighted by molar-refractivity contribution is -0.110. The molecule has 0 radical (unpaired) electrons. The van der Waals surface area contributed by atoms with Crippen LogP contribution in [0.1, 0.15) is 6.42 Å². The highest BCUT2D eigenvalue weighted by molar-refractivity contribution is 7.92. The van der Waals surface area contributed by atoms with Crippen LogP contribution < -0.4 is 0 Å². The van der Waals surface area contributed by atoms with E-state index in [2.05, 4.69) is 0 Å². The molecule has 1 saturated carbocycles. The largest absolute Gasteiger partial charge is 0.302 e. The normalized spacial score (nSPS) is 27.2. The Kier molecular flexibility index (Phi) is 2.72. The van der Waals surface area contributed by atoms with Crippen molar-refractivity contribution in [3.8, 4) is 6.07 Å². The molecule has 0 aliphatic heterocycles. The number of halogens is 1. The molecule has 0 amide bonds. The smallest absolute Gasteiger partial charge is 0.183 e. The Bertz CT molecular complexity index is 603. The summed E-state index contributed by atoms with van der Waals surface area (Å²) in [6.45, 7) is 0. The fraction of sp³-hybridized carbons (Fsp3) is 0.273. The van der Waals surface area contributed by atoms with Crippen molar-refractivity contribution in [2.24, 2.45) is 5.41 Å². The average Bonchev–Trinajstić information content (AvgIpc) is 3.06. The maximum absolute atomic E-state index is 12.1. The third kappa shape index (κ3) is 1.84. The molecule has 88 valence electrons. The summed E-state index contributed by atoms with van der Waals surface area (Å²) in [6, 6.07) is 7.45. The summed E-state index contributed by atoms with van der Waals surface area (Å²) in [5.41, 5.74) is -1.36. The van der Waals surface area contributed by atoms with E-state index in [1.807, 2.05) is 0 Å². The first-order valence-electron chi connectivity index (χ1n) is 4.83. The molecule has 4 nitrogen and oxygen atoms in total. The van der Waals surface area contributed by atoms with Gasteiger partial charge in [-0.2, -0.15) is 5.26 Å². The van der Waals surface area contributed by atoms with E-state index < -0.39 is 20.5 Å². The van der Waals surface area contributed by atoms with Gasteiger partial charge in [-0.3, -0.25) is 0 Å². The van der Waals surface area contributed by atoms with Crippen LogP contribution in [0, 0.1) is 16.7 Å². The molecule has 0 bridgehead atoms. The predicted molar refractivity (Wildman–Crippen MR) is 61.2 cm³/mol.